The van der Waals surface area contributed by atoms with Gasteiger partial charge in [0.2, 0.25) is 0 Å². The van der Waals surface area contributed by atoms with Crippen LogP contribution in [0.5, 0.6) is 0 Å². The molecule has 0 unspecified atom stereocenters. The Bertz CT molecular complexity index is 3610. The number of halogens is 15. The van der Waals surface area contributed by atoms with Crippen LogP contribution in [-0.2, 0) is 50.5 Å². The van der Waals surface area contributed by atoms with E-state index in [1.54, 1.807) is 53.4 Å². The van der Waals surface area contributed by atoms with E-state index in [0.717, 1.165) is 95.4 Å². The number of amides is 1. The van der Waals surface area contributed by atoms with E-state index in [1.165, 1.54) is 40.1 Å². The topological polar surface area (TPSA) is 90.2 Å². The summed E-state index contributed by atoms with van der Waals surface area (Å²) < 4.78 is 193. The Hall–Kier alpha value is -9.09. The zero-order valence-corrected chi connectivity index (χ0v) is 40.5. The number of nitrogens with zero attached hydrogens (tertiary/aromatic N) is 8. The standard InChI is InChI=1S/C21H13F6N3.C20H12F6N4.C15H10F3NO/c22-20(23,24)14-5-8-16(9-6-14)29-19-17-4-2-1-3-13(17)12-30(19)18-10-7-15(11-28-18)21(25,26)27;21-19(22,23)13-5-7-27-16(9-13)29-18-15-4-2-1-3-12(15)11-30(18)17-10-14(6-8-28-17)20(24,25)26;16-15(17,18)11-5-7-12(8-6-11)19-9-10-3-1-2-4-13(10)14(19)20/h1-11H,12H2;1-10H,11H2;1-8H,9H2. The van der Waals surface area contributed by atoms with Crippen LogP contribution in [0.15, 0.2) is 186 Å². The van der Waals surface area contributed by atoms with Crippen molar-refractivity contribution in [3.05, 3.63) is 238 Å². The molecular weight excluding hydrogens is 1090 g/mol. The number of aromatic nitrogens is 3. The number of anilines is 3. The molecule has 0 aliphatic carbocycles. The van der Waals surface area contributed by atoms with Crippen molar-refractivity contribution in [3.8, 4) is 0 Å². The highest BCUT2D eigenvalue weighted by Crippen LogP contribution is 2.39. The molecule has 24 heteroatoms. The number of hydrogen-bond acceptors (Lipinski definition) is 6. The summed E-state index contributed by atoms with van der Waals surface area (Å²) in [7, 11) is 0. The summed E-state index contributed by atoms with van der Waals surface area (Å²) in [5.74, 6) is 0.410. The first-order valence-corrected chi connectivity index (χ1v) is 23.5. The summed E-state index contributed by atoms with van der Waals surface area (Å²) in [6.07, 6.45) is -19.7. The van der Waals surface area contributed by atoms with Gasteiger partial charge in [-0.15, -0.1) is 0 Å². The molecule has 0 bridgehead atoms. The Morgan fingerprint density at radius 1 is 0.375 bits per heavy atom. The Morgan fingerprint density at radius 2 is 0.800 bits per heavy atom. The van der Waals surface area contributed by atoms with Crippen LogP contribution >= 0.6 is 0 Å². The lowest BCUT2D eigenvalue weighted by atomic mass is 10.1. The van der Waals surface area contributed by atoms with Crippen LogP contribution in [0.25, 0.3) is 0 Å². The quantitative estimate of drug-likeness (QED) is 0.160. The third-order valence-electron chi connectivity index (χ3n) is 12.4. The van der Waals surface area contributed by atoms with E-state index in [-0.39, 0.29) is 41.4 Å². The summed E-state index contributed by atoms with van der Waals surface area (Å²) in [5, 5.41) is 0. The number of benzene rings is 5. The molecule has 3 aliphatic rings. The number of amidine groups is 2. The summed E-state index contributed by atoms with van der Waals surface area (Å²) in [6.45, 7) is 0.886. The van der Waals surface area contributed by atoms with Gasteiger partial charge in [-0.2, -0.15) is 65.9 Å². The van der Waals surface area contributed by atoms with E-state index in [1.807, 2.05) is 24.3 Å². The lowest BCUT2D eigenvalue weighted by Gasteiger charge is -2.19. The molecule has 0 atom stereocenters. The van der Waals surface area contributed by atoms with Gasteiger partial charge in [-0.05, 0) is 108 Å². The van der Waals surface area contributed by atoms with Crippen molar-refractivity contribution in [2.45, 2.75) is 50.5 Å². The fourth-order valence-electron chi connectivity index (χ4n) is 8.51. The zero-order chi connectivity index (χ0) is 57.4. The van der Waals surface area contributed by atoms with Gasteiger partial charge in [0.25, 0.3) is 5.91 Å². The molecule has 1 amide bonds. The van der Waals surface area contributed by atoms with Gasteiger partial charge in [-0.25, -0.2) is 24.9 Å². The summed E-state index contributed by atoms with van der Waals surface area (Å²) in [6, 6.07) is 35.8. The first kappa shape index (κ1) is 55.7. The molecule has 410 valence electrons. The molecule has 0 fully saturated rings. The minimum Gasteiger partial charge on any atom is -0.306 e. The van der Waals surface area contributed by atoms with E-state index in [2.05, 4.69) is 24.9 Å². The van der Waals surface area contributed by atoms with E-state index in [4.69, 9.17) is 0 Å². The van der Waals surface area contributed by atoms with Crippen LogP contribution in [0, 0.1) is 0 Å². The van der Waals surface area contributed by atoms with Crippen molar-refractivity contribution in [1.29, 1.82) is 0 Å². The van der Waals surface area contributed by atoms with Crippen LogP contribution in [0.3, 0.4) is 0 Å². The monoisotopic (exact) mass is 1120 g/mol. The van der Waals surface area contributed by atoms with E-state index < -0.39 is 58.7 Å². The minimum absolute atomic E-state index is 0.0215. The second kappa shape index (κ2) is 21.6. The lowest BCUT2D eigenvalue weighted by Crippen LogP contribution is -2.25. The Labute approximate surface area is 443 Å². The SMILES string of the molecule is FC(F)(F)c1ccc(N=C2c3ccccc3CN2c2ccc(C(F)(F)F)cn2)cc1.FC(F)(F)c1ccnc(N=C2c3ccccc3CN2c2cc(C(F)(F)F)ccn2)c1.O=C1c2ccccc2CN1c1ccc(C(F)(F)F)cc1. The average Bonchev–Trinajstić information content (AvgIpc) is 4.14. The Kier molecular flexibility index (Phi) is 15.0. The van der Waals surface area contributed by atoms with Gasteiger partial charge in [0.1, 0.15) is 23.3 Å². The maximum atomic E-state index is 13.1. The Balaban J connectivity index is 0.000000148. The molecule has 0 radical (unpaired) electrons. The van der Waals surface area contributed by atoms with Crippen molar-refractivity contribution in [1.82, 2.24) is 15.0 Å². The number of aliphatic imine (C=N–C) groups is 2. The number of alkyl halides is 15. The molecule has 3 aromatic heterocycles. The molecule has 6 heterocycles. The molecule has 9 nitrogen and oxygen atoms in total. The number of rotatable bonds is 5. The molecule has 11 rings (SSSR count). The smallest absolute Gasteiger partial charge is 0.306 e. The van der Waals surface area contributed by atoms with Crippen LogP contribution in [0.1, 0.15) is 66.0 Å². The summed E-state index contributed by atoms with van der Waals surface area (Å²) in [5.41, 5.74) is 0.999. The first-order chi connectivity index (χ1) is 37.7. The molecule has 0 saturated carbocycles. The first-order valence-electron chi connectivity index (χ1n) is 23.5. The van der Waals surface area contributed by atoms with Gasteiger partial charge in [0.15, 0.2) is 5.82 Å². The van der Waals surface area contributed by atoms with Crippen LogP contribution < -0.4 is 14.7 Å². The van der Waals surface area contributed by atoms with Crippen molar-refractivity contribution in [2.24, 2.45) is 9.98 Å². The molecule has 8 aromatic rings. The van der Waals surface area contributed by atoms with E-state index in [0.29, 0.717) is 35.7 Å². The molecular formula is C56H35F15N8O. The minimum atomic E-state index is -4.58. The number of pyridine rings is 3. The third-order valence-corrected chi connectivity index (χ3v) is 12.4. The maximum absolute atomic E-state index is 13.1. The average molecular weight is 1120 g/mol. The van der Waals surface area contributed by atoms with Gasteiger partial charge in [0.05, 0.1) is 53.1 Å². The number of carbonyl (C=O) groups excluding carboxylic acids is 1. The van der Waals surface area contributed by atoms with Crippen molar-refractivity contribution in [3.63, 3.8) is 0 Å². The lowest BCUT2D eigenvalue weighted by molar-refractivity contribution is -0.138. The largest absolute Gasteiger partial charge is 0.417 e. The highest BCUT2D eigenvalue weighted by Gasteiger charge is 2.37. The summed E-state index contributed by atoms with van der Waals surface area (Å²) in [4.78, 5) is 37.2. The molecule has 80 heavy (non-hydrogen) atoms. The molecule has 3 aliphatic heterocycles. The van der Waals surface area contributed by atoms with Crippen LogP contribution in [-0.4, -0.2) is 32.5 Å². The highest BCUT2D eigenvalue weighted by atomic mass is 19.4. The van der Waals surface area contributed by atoms with Crippen molar-refractivity contribution >= 4 is 46.4 Å². The third kappa shape index (κ3) is 12.4. The number of fused-ring (bicyclic) bond motifs is 3. The number of carbonyl (C=O) groups is 1. The maximum Gasteiger partial charge on any atom is 0.417 e. The number of hydrogen-bond donors (Lipinski definition) is 0. The van der Waals surface area contributed by atoms with Gasteiger partial charge in [-0.1, -0.05) is 66.7 Å². The molecule has 0 N–H and O–H groups in total. The molecule has 5 aromatic carbocycles. The van der Waals surface area contributed by atoms with Crippen LogP contribution in [0.2, 0.25) is 0 Å². The van der Waals surface area contributed by atoms with Crippen LogP contribution in [0.4, 0.5) is 94.7 Å². The zero-order valence-electron chi connectivity index (χ0n) is 40.5. The molecule has 0 spiro atoms. The van der Waals surface area contributed by atoms with E-state index >= 15 is 0 Å². The fourth-order valence-corrected chi connectivity index (χ4v) is 8.51. The van der Waals surface area contributed by atoms with Crippen molar-refractivity contribution in [2.75, 3.05) is 14.7 Å². The highest BCUT2D eigenvalue weighted by molar-refractivity contribution is 6.15. The van der Waals surface area contributed by atoms with Crippen molar-refractivity contribution < 1.29 is 70.7 Å². The van der Waals surface area contributed by atoms with Gasteiger partial charge >= 0.3 is 30.9 Å². The Morgan fingerprint density at radius 3 is 1.30 bits per heavy atom. The summed E-state index contributed by atoms with van der Waals surface area (Å²) >= 11 is 0. The second-order valence-electron chi connectivity index (χ2n) is 17.7. The normalized spacial score (nSPS) is 15.3. The van der Waals surface area contributed by atoms with Gasteiger partial charge < -0.3 is 14.7 Å². The predicted octanol–water partition coefficient (Wildman–Crippen LogP) is 15.7. The molecule has 0 saturated heterocycles. The van der Waals surface area contributed by atoms with Gasteiger partial charge in [0, 0.05) is 41.0 Å². The second-order valence-corrected chi connectivity index (χ2v) is 17.7. The predicted molar refractivity (Wildman–Crippen MR) is 265 cm³/mol. The fraction of sp³-hybridized carbons (Fsp3) is 0.143. The van der Waals surface area contributed by atoms with Gasteiger partial charge in [-0.3, -0.25) is 4.79 Å². The van der Waals surface area contributed by atoms with E-state index in [9.17, 15) is 70.7 Å².